The Morgan fingerprint density at radius 1 is 0.865 bits per heavy atom. The van der Waals surface area contributed by atoms with Crippen molar-refractivity contribution in [3.8, 4) is 22.4 Å². The van der Waals surface area contributed by atoms with Crippen molar-refractivity contribution in [2.24, 2.45) is 0 Å². The molecule has 6 rings (SSSR count). The molecule has 0 radical (unpaired) electrons. The molecule has 0 aliphatic carbocycles. The highest BCUT2D eigenvalue weighted by molar-refractivity contribution is 7.18. The van der Waals surface area contributed by atoms with E-state index >= 15 is 0 Å². The molecule has 37 heavy (non-hydrogen) atoms. The smallest absolute Gasteiger partial charge is 0.144 e. The van der Waals surface area contributed by atoms with Gasteiger partial charge >= 0.3 is 0 Å². The summed E-state index contributed by atoms with van der Waals surface area (Å²) >= 11 is 1.77. The van der Waals surface area contributed by atoms with E-state index in [0.29, 0.717) is 5.92 Å². The molecule has 186 valence electrons. The van der Waals surface area contributed by atoms with Gasteiger partial charge < -0.3 is 4.42 Å². The highest BCUT2D eigenvalue weighted by Gasteiger charge is 2.21. The number of nitrogens with zero attached hydrogens (tertiary/aromatic N) is 2. The van der Waals surface area contributed by atoms with Crippen LogP contribution in [0.15, 0.2) is 65.2 Å². The summed E-state index contributed by atoms with van der Waals surface area (Å²) in [6.07, 6.45) is 2.05. The quantitative estimate of drug-likeness (QED) is 0.241. The molecule has 3 nitrogen and oxygen atoms in total. The molecule has 6 aromatic rings. The third-order valence-corrected chi connectivity index (χ3v) is 8.68. The molecule has 0 amide bonds. The molecule has 0 N–H and O–H groups in total. The van der Waals surface area contributed by atoms with Crippen molar-refractivity contribution >= 4 is 43.5 Å². The van der Waals surface area contributed by atoms with Gasteiger partial charge in [-0.05, 0) is 65.8 Å². The summed E-state index contributed by atoms with van der Waals surface area (Å²) in [5, 5.41) is 3.39. The minimum atomic E-state index is 0.0288. The number of rotatable bonds is 3. The second-order valence-corrected chi connectivity index (χ2v) is 12.5. The highest BCUT2D eigenvalue weighted by atomic mass is 32.1. The number of hydrogen-bond donors (Lipinski definition) is 0. The van der Waals surface area contributed by atoms with Gasteiger partial charge in [-0.3, -0.25) is 4.98 Å². The third kappa shape index (κ3) is 3.95. The molecular weight excluding hydrogens is 472 g/mol. The number of aryl methyl sites for hydroxylation is 2. The molecule has 0 spiro atoms. The molecule has 0 saturated heterocycles. The Hall–Kier alpha value is -3.50. The van der Waals surface area contributed by atoms with Gasteiger partial charge in [-0.15, -0.1) is 11.3 Å². The van der Waals surface area contributed by atoms with Gasteiger partial charge in [0.15, 0.2) is 0 Å². The number of thiazole rings is 1. The summed E-state index contributed by atoms with van der Waals surface area (Å²) in [6.45, 7) is 15.5. The Morgan fingerprint density at radius 3 is 2.30 bits per heavy atom. The number of para-hydroxylation sites is 1. The van der Waals surface area contributed by atoms with Crippen LogP contribution in [0.3, 0.4) is 0 Å². The van der Waals surface area contributed by atoms with Gasteiger partial charge in [-0.1, -0.05) is 65.0 Å². The minimum absolute atomic E-state index is 0.0288. The first-order valence-electron chi connectivity index (χ1n) is 12.9. The maximum atomic E-state index is 6.54. The molecule has 0 aliphatic rings. The van der Waals surface area contributed by atoms with Gasteiger partial charge in [0, 0.05) is 34.0 Å². The first-order chi connectivity index (χ1) is 17.6. The second kappa shape index (κ2) is 8.53. The molecule has 0 aliphatic heterocycles. The van der Waals surface area contributed by atoms with Gasteiger partial charge in [0.2, 0.25) is 0 Å². The minimum Gasteiger partial charge on any atom is -0.455 e. The van der Waals surface area contributed by atoms with Crippen LogP contribution in [0.4, 0.5) is 0 Å². The molecule has 3 heterocycles. The summed E-state index contributed by atoms with van der Waals surface area (Å²) in [5.74, 6) is 0.371. The van der Waals surface area contributed by atoms with Gasteiger partial charge in [0.1, 0.15) is 11.2 Å². The molecule has 4 heteroatoms. The first kappa shape index (κ1) is 23.9. The van der Waals surface area contributed by atoms with Gasteiger partial charge in [0.25, 0.3) is 0 Å². The van der Waals surface area contributed by atoms with E-state index in [1.165, 1.54) is 32.5 Å². The van der Waals surface area contributed by atoms with Crippen LogP contribution in [0.2, 0.25) is 0 Å². The zero-order valence-electron chi connectivity index (χ0n) is 22.6. The maximum absolute atomic E-state index is 6.54. The Labute approximate surface area is 222 Å². The number of benzene rings is 3. The van der Waals surface area contributed by atoms with Crippen molar-refractivity contribution in [2.75, 3.05) is 0 Å². The summed E-state index contributed by atoms with van der Waals surface area (Å²) in [7, 11) is 0. The van der Waals surface area contributed by atoms with E-state index in [9.17, 15) is 0 Å². The largest absolute Gasteiger partial charge is 0.455 e. The van der Waals surface area contributed by atoms with Crippen LogP contribution in [0.5, 0.6) is 0 Å². The Kier molecular flexibility index (Phi) is 5.50. The number of fused-ring (bicyclic) bond motifs is 4. The summed E-state index contributed by atoms with van der Waals surface area (Å²) in [4.78, 5) is 9.87. The van der Waals surface area contributed by atoms with E-state index in [1.54, 1.807) is 11.3 Å². The number of aromatic nitrogens is 2. The average molecular weight is 505 g/mol. The molecule has 0 saturated carbocycles. The van der Waals surface area contributed by atoms with Crippen LogP contribution in [-0.2, 0) is 5.41 Å². The van der Waals surface area contributed by atoms with Crippen molar-refractivity contribution in [1.29, 1.82) is 0 Å². The summed E-state index contributed by atoms with van der Waals surface area (Å²) in [5.41, 5.74) is 11.1. The first-order valence-corrected chi connectivity index (χ1v) is 13.8. The standard InChI is InChI=1S/C33H32N2OS/c1-18(2)25-17-34-26(14-24(25)30-19(3)10-8-11-20(30)4)22-13-9-12-21-23-15-29-27(16-28(23)36-31(21)22)35-32(37-29)33(5,6)7/h8-18H,1-7H3. The van der Waals surface area contributed by atoms with Crippen LogP contribution in [-0.4, -0.2) is 9.97 Å². The third-order valence-electron chi connectivity index (χ3n) is 7.23. The number of furan rings is 1. The maximum Gasteiger partial charge on any atom is 0.144 e. The zero-order chi connectivity index (χ0) is 26.1. The fourth-order valence-corrected chi connectivity index (χ4v) is 6.31. The Bertz CT molecular complexity index is 1790. The lowest BCUT2D eigenvalue weighted by Crippen LogP contribution is -2.09. The molecule has 3 aromatic heterocycles. The predicted molar refractivity (Wildman–Crippen MR) is 158 cm³/mol. The van der Waals surface area contributed by atoms with Crippen LogP contribution in [0.25, 0.3) is 54.5 Å². The summed E-state index contributed by atoms with van der Waals surface area (Å²) < 4.78 is 7.73. The van der Waals surface area contributed by atoms with Crippen molar-refractivity contribution in [2.45, 2.75) is 59.8 Å². The Balaban J connectivity index is 1.57. The molecule has 3 aromatic carbocycles. The lowest BCUT2D eigenvalue weighted by atomic mass is 9.88. The fourth-order valence-electron chi connectivity index (χ4n) is 5.27. The van der Waals surface area contributed by atoms with E-state index in [0.717, 1.165) is 43.7 Å². The SMILES string of the molecule is Cc1cccc(C)c1-c1cc(-c2cccc3c2oc2cc4nc(C(C)(C)C)sc4cc23)ncc1C(C)C. The van der Waals surface area contributed by atoms with Crippen LogP contribution < -0.4 is 0 Å². The molecule has 0 atom stereocenters. The van der Waals surface area contributed by atoms with Gasteiger partial charge in [-0.25, -0.2) is 4.98 Å². The predicted octanol–water partition coefficient (Wildman–Crippen LogP) is 9.96. The van der Waals surface area contributed by atoms with Crippen LogP contribution >= 0.6 is 11.3 Å². The molecule has 0 fully saturated rings. The lowest BCUT2D eigenvalue weighted by Gasteiger charge is -2.18. The Morgan fingerprint density at radius 2 is 1.59 bits per heavy atom. The highest BCUT2D eigenvalue weighted by Crippen LogP contribution is 2.41. The van der Waals surface area contributed by atoms with Gasteiger partial charge in [-0.2, -0.15) is 0 Å². The fraction of sp³-hybridized carbons (Fsp3) is 0.273. The van der Waals surface area contributed by atoms with Crippen LogP contribution in [0.1, 0.15) is 62.2 Å². The zero-order valence-corrected chi connectivity index (χ0v) is 23.4. The molecule has 0 bridgehead atoms. The van der Waals surface area contributed by atoms with Crippen molar-refractivity contribution < 1.29 is 4.42 Å². The summed E-state index contributed by atoms with van der Waals surface area (Å²) in [6, 6.07) is 19.5. The normalized spacial score (nSPS) is 12.4. The molecule has 0 unspecified atom stereocenters. The number of hydrogen-bond acceptors (Lipinski definition) is 4. The van der Waals surface area contributed by atoms with Crippen molar-refractivity contribution in [1.82, 2.24) is 9.97 Å². The van der Waals surface area contributed by atoms with E-state index in [-0.39, 0.29) is 5.41 Å². The molecular formula is C33H32N2OS. The van der Waals surface area contributed by atoms with Crippen molar-refractivity contribution in [3.05, 3.63) is 82.5 Å². The van der Waals surface area contributed by atoms with E-state index < -0.39 is 0 Å². The topological polar surface area (TPSA) is 38.9 Å². The second-order valence-electron chi connectivity index (χ2n) is 11.4. The van der Waals surface area contributed by atoms with Crippen LogP contribution in [0, 0.1) is 13.8 Å². The van der Waals surface area contributed by atoms with E-state index in [1.807, 2.05) is 0 Å². The number of pyridine rings is 1. The van der Waals surface area contributed by atoms with E-state index in [4.69, 9.17) is 14.4 Å². The van der Waals surface area contributed by atoms with Gasteiger partial charge in [0.05, 0.1) is 20.9 Å². The lowest BCUT2D eigenvalue weighted by molar-refractivity contribution is 0.587. The monoisotopic (exact) mass is 504 g/mol. The van der Waals surface area contributed by atoms with Crippen molar-refractivity contribution in [3.63, 3.8) is 0 Å². The average Bonchev–Trinajstić information content (AvgIpc) is 3.43. The van der Waals surface area contributed by atoms with E-state index in [2.05, 4.69) is 109 Å².